The zero-order chi connectivity index (χ0) is 21.4. The van der Waals surface area contributed by atoms with Gasteiger partial charge in [-0.1, -0.05) is 11.6 Å². The Hall–Kier alpha value is -3.87. The number of amides is 1. The van der Waals surface area contributed by atoms with Crippen LogP contribution in [0.15, 0.2) is 60.5 Å². The second kappa shape index (κ2) is 7.75. The van der Waals surface area contributed by atoms with Gasteiger partial charge in [-0.25, -0.2) is 4.98 Å². The number of allylic oxidation sites excluding steroid dienone is 1. The van der Waals surface area contributed by atoms with E-state index in [1.807, 2.05) is 43.1 Å². The van der Waals surface area contributed by atoms with Crippen molar-refractivity contribution in [3.63, 3.8) is 0 Å². The average molecular weight is 412 g/mol. The first-order valence-corrected chi connectivity index (χ1v) is 10.4. The molecule has 0 bridgehead atoms. The SMILES string of the molecule is CC(C)=CC(=O)N1CC=C(c2cc3c(Nc4ccc5[nH]ncc5c4)ccnc3[nH]2)CC1. The van der Waals surface area contributed by atoms with E-state index in [0.29, 0.717) is 13.1 Å². The number of aromatic amines is 2. The maximum absolute atomic E-state index is 12.3. The van der Waals surface area contributed by atoms with E-state index < -0.39 is 0 Å². The molecule has 0 unspecified atom stereocenters. The molecule has 0 radical (unpaired) electrons. The van der Waals surface area contributed by atoms with E-state index >= 15 is 0 Å². The highest BCUT2D eigenvalue weighted by molar-refractivity contribution is 5.95. The summed E-state index contributed by atoms with van der Waals surface area (Å²) in [5, 5.41) is 12.7. The van der Waals surface area contributed by atoms with E-state index in [-0.39, 0.29) is 5.91 Å². The number of benzene rings is 1. The van der Waals surface area contributed by atoms with Gasteiger partial charge in [-0.3, -0.25) is 9.89 Å². The van der Waals surface area contributed by atoms with Crippen molar-refractivity contribution in [1.29, 1.82) is 0 Å². The Kier molecular flexibility index (Phi) is 4.78. The minimum Gasteiger partial charge on any atom is -0.355 e. The van der Waals surface area contributed by atoms with Crippen molar-refractivity contribution in [3.8, 4) is 0 Å². The molecule has 1 amide bonds. The second-order valence-corrected chi connectivity index (χ2v) is 8.09. The Bertz CT molecular complexity index is 1340. The smallest absolute Gasteiger partial charge is 0.246 e. The molecular formula is C24H24N6O. The number of hydrogen-bond donors (Lipinski definition) is 3. The molecule has 0 spiro atoms. The van der Waals surface area contributed by atoms with Gasteiger partial charge < -0.3 is 15.2 Å². The summed E-state index contributed by atoms with van der Waals surface area (Å²) in [4.78, 5) is 22.1. The molecule has 4 heterocycles. The van der Waals surface area contributed by atoms with Gasteiger partial charge in [-0.15, -0.1) is 0 Å². The monoisotopic (exact) mass is 412 g/mol. The van der Waals surface area contributed by atoms with Gasteiger partial charge in [0.1, 0.15) is 5.65 Å². The number of rotatable bonds is 4. The minimum atomic E-state index is 0.0784. The van der Waals surface area contributed by atoms with E-state index in [2.05, 4.69) is 43.7 Å². The van der Waals surface area contributed by atoms with Crippen molar-refractivity contribution < 1.29 is 4.79 Å². The first-order chi connectivity index (χ1) is 15.1. The van der Waals surface area contributed by atoms with Crippen LogP contribution in [0.25, 0.3) is 27.5 Å². The Morgan fingerprint density at radius 2 is 2.13 bits per heavy atom. The van der Waals surface area contributed by atoms with Crippen LogP contribution in [0.1, 0.15) is 26.0 Å². The van der Waals surface area contributed by atoms with Gasteiger partial charge in [-0.05, 0) is 56.2 Å². The van der Waals surface area contributed by atoms with Crippen molar-refractivity contribution in [2.45, 2.75) is 20.3 Å². The Morgan fingerprint density at radius 1 is 1.23 bits per heavy atom. The van der Waals surface area contributed by atoms with Crippen LogP contribution in [-0.4, -0.2) is 44.1 Å². The molecule has 0 atom stereocenters. The molecule has 7 nitrogen and oxygen atoms in total. The number of aromatic nitrogens is 4. The first-order valence-electron chi connectivity index (χ1n) is 10.4. The lowest BCUT2D eigenvalue weighted by Crippen LogP contribution is -2.33. The molecule has 7 heteroatoms. The Morgan fingerprint density at radius 3 is 2.94 bits per heavy atom. The summed E-state index contributed by atoms with van der Waals surface area (Å²) in [6, 6.07) is 10.2. The number of nitrogens with one attached hydrogen (secondary N) is 3. The maximum Gasteiger partial charge on any atom is 0.246 e. The highest BCUT2D eigenvalue weighted by atomic mass is 16.2. The number of anilines is 2. The highest BCUT2D eigenvalue weighted by Crippen LogP contribution is 2.31. The number of H-pyrrole nitrogens is 2. The number of carbonyl (C=O) groups excluding carboxylic acids is 1. The minimum absolute atomic E-state index is 0.0784. The molecular weight excluding hydrogens is 388 g/mol. The fraction of sp³-hybridized carbons (Fsp3) is 0.208. The van der Waals surface area contributed by atoms with Gasteiger partial charge in [-0.2, -0.15) is 5.10 Å². The maximum atomic E-state index is 12.3. The molecule has 0 aliphatic carbocycles. The van der Waals surface area contributed by atoms with E-state index in [1.54, 1.807) is 12.3 Å². The molecule has 5 rings (SSSR count). The number of nitrogens with zero attached hydrogens (tertiary/aromatic N) is 3. The molecule has 1 aliphatic rings. The van der Waals surface area contributed by atoms with Crippen LogP contribution >= 0.6 is 0 Å². The summed E-state index contributed by atoms with van der Waals surface area (Å²) in [5.74, 6) is 0.0784. The van der Waals surface area contributed by atoms with Crippen LogP contribution in [0, 0.1) is 0 Å². The molecule has 3 aromatic heterocycles. The largest absolute Gasteiger partial charge is 0.355 e. The van der Waals surface area contributed by atoms with Crippen LogP contribution < -0.4 is 5.32 Å². The van der Waals surface area contributed by atoms with Gasteiger partial charge >= 0.3 is 0 Å². The predicted octanol–water partition coefficient (Wildman–Crippen LogP) is 4.76. The fourth-order valence-corrected chi connectivity index (χ4v) is 3.94. The predicted molar refractivity (Wildman–Crippen MR) is 124 cm³/mol. The molecule has 0 saturated carbocycles. The van der Waals surface area contributed by atoms with E-state index in [4.69, 9.17) is 0 Å². The summed E-state index contributed by atoms with van der Waals surface area (Å²) >= 11 is 0. The zero-order valence-corrected chi connectivity index (χ0v) is 17.6. The number of carbonyl (C=O) groups is 1. The first kappa shape index (κ1) is 19.1. The van der Waals surface area contributed by atoms with Crippen molar-refractivity contribution in [1.82, 2.24) is 25.1 Å². The van der Waals surface area contributed by atoms with Crippen LogP contribution in [0.2, 0.25) is 0 Å². The van der Waals surface area contributed by atoms with Gasteiger partial charge in [0.25, 0.3) is 0 Å². The topological polar surface area (TPSA) is 89.7 Å². The lowest BCUT2D eigenvalue weighted by molar-refractivity contribution is -0.125. The van der Waals surface area contributed by atoms with E-state index in [0.717, 1.165) is 51.0 Å². The third-order valence-corrected chi connectivity index (χ3v) is 5.53. The molecule has 0 fully saturated rings. The van der Waals surface area contributed by atoms with Gasteiger partial charge in [0.05, 0.1) is 17.4 Å². The average Bonchev–Trinajstić information content (AvgIpc) is 3.40. The van der Waals surface area contributed by atoms with Crippen molar-refractivity contribution in [2.24, 2.45) is 0 Å². The van der Waals surface area contributed by atoms with Gasteiger partial charge in [0, 0.05) is 47.5 Å². The molecule has 1 aliphatic heterocycles. The second-order valence-electron chi connectivity index (χ2n) is 8.09. The Labute approximate surface area is 179 Å². The normalized spacial score (nSPS) is 14.0. The number of hydrogen-bond acceptors (Lipinski definition) is 4. The fourth-order valence-electron chi connectivity index (χ4n) is 3.94. The lowest BCUT2D eigenvalue weighted by atomic mass is 10.0. The van der Waals surface area contributed by atoms with Crippen LogP contribution in [0.4, 0.5) is 11.4 Å². The van der Waals surface area contributed by atoms with E-state index in [1.165, 1.54) is 5.57 Å². The van der Waals surface area contributed by atoms with Crippen LogP contribution in [0.3, 0.4) is 0 Å². The van der Waals surface area contributed by atoms with Crippen LogP contribution in [-0.2, 0) is 4.79 Å². The van der Waals surface area contributed by atoms with Crippen molar-refractivity contribution >= 4 is 44.8 Å². The van der Waals surface area contributed by atoms with Gasteiger partial charge in [0.2, 0.25) is 5.91 Å². The molecule has 1 aromatic carbocycles. The molecule has 4 aromatic rings. The molecule has 31 heavy (non-hydrogen) atoms. The number of pyridine rings is 1. The molecule has 156 valence electrons. The van der Waals surface area contributed by atoms with Crippen LogP contribution in [0.5, 0.6) is 0 Å². The molecule has 0 saturated heterocycles. The van der Waals surface area contributed by atoms with Crippen molar-refractivity contribution in [3.05, 3.63) is 66.1 Å². The van der Waals surface area contributed by atoms with E-state index in [9.17, 15) is 4.79 Å². The summed E-state index contributed by atoms with van der Waals surface area (Å²) in [6.07, 6.45) is 8.26. The zero-order valence-electron chi connectivity index (χ0n) is 17.6. The Balaban J connectivity index is 1.40. The van der Waals surface area contributed by atoms with Crippen molar-refractivity contribution in [2.75, 3.05) is 18.4 Å². The highest BCUT2D eigenvalue weighted by Gasteiger charge is 2.18. The summed E-state index contributed by atoms with van der Waals surface area (Å²) < 4.78 is 0. The molecule has 3 N–H and O–H groups in total. The van der Waals surface area contributed by atoms with Gasteiger partial charge in [0.15, 0.2) is 0 Å². The third-order valence-electron chi connectivity index (χ3n) is 5.53. The quantitative estimate of drug-likeness (QED) is 0.422. The third kappa shape index (κ3) is 3.82. The summed E-state index contributed by atoms with van der Waals surface area (Å²) in [5.41, 5.74) is 7.13. The standard InChI is InChI=1S/C24H24N6O/c1-15(2)11-23(31)30-9-6-16(7-10-30)22-13-19-21(5-8-25-24(19)28-22)27-18-3-4-20-17(12-18)14-26-29-20/h3-6,8,11-14H,7,9-10H2,1-2H3,(H,26,29)(H2,25,27,28). The summed E-state index contributed by atoms with van der Waals surface area (Å²) in [7, 11) is 0. The summed E-state index contributed by atoms with van der Waals surface area (Å²) in [6.45, 7) is 5.22. The lowest BCUT2D eigenvalue weighted by Gasteiger charge is -2.25. The number of fused-ring (bicyclic) bond motifs is 2.